The van der Waals surface area contributed by atoms with Gasteiger partial charge >= 0.3 is 5.97 Å². The second kappa shape index (κ2) is 13.9. The summed E-state index contributed by atoms with van der Waals surface area (Å²) < 4.78 is 10.1. The summed E-state index contributed by atoms with van der Waals surface area (Å²) >= 11 is 0. The molecule has 0 aliphatic carbocycles. The lowest BCUT2D eigenvalue weighted by Crippen LogP contribution is -2.08. The largest absolute Gasteiger partial charge is 0.460 e. The Balaban J connectivity index is 3.00. The second-order valence-electron chi connectivity index (χ2n) is 4.06. The summed E-state index contributed by atoms with van der Waals surface area (Å²) in [6.45, 7) is 4.74. The van der Waals surface area contributed by atoms with Crippen LogP contribution in [0.25, 0.3) is 0 Å². The Bertz CT molecular complexity index is 226. The molecule has 0 aromatic carbocycles. The van der Waals surface area contributed by atoms with Gasteiger partial charge in [-0.3, -0.25) is 0 Å². The molecule has 0 spiro atoms. The molecule has 4 heteroatoms. The molecule has 0 atom stereocenters. The van der Waals surface area contributed by atoms with Crippen LogP contribution in [0.1, 0.15) is 44.9 Å². The molecule has 0 N–H and O–H groups in total. The van der Waals surface area contributed by atoms with Crippen molar-refractivity contribution < 1.29 is 19.1 Å². The summed E-state index contributed by atoms with van der Waals surface area (Å²) in [5.41, 5.74) is 0. The van der Waals surface area contributed by atoms with Crippen LogP contribution in [0.5, 0.6) is 0 Å². The molecular weight excluding hydrogens is 232 g/mol. The molecule has 0 radical (unpaired) electrons. The fraction of sp³-hybridized carbons (Fsp3) is 0.714. The number of unbranched alkanes of at least 4 members (excludes halogenated alkanes) is 6. The molecule has 0 saturated carbocycles. The molecule has 0 fully saturated rings. The second-order valence-corrected chi connectivity index (χ2v) is 4.06. The quantitative estimate of drug-likeness (QED) is 0.220. The van der Waals surface area contributed by atoms with Crippen LogP contribution in [0.2, 0.25) is 0 Å². The number of rotatable bonds is 13. The minimum atomic E-state index is -0.408. The van der Waals surface area contributed by atoms with Gasteiger partial charge in [0.2, 0.25) is 0 Å². The number of hydrogen-bond acceptors (Lipinski definition) is 4. The highest BCUT2D eigenvalue weighted by atomic mass is 16.6. The van der Waals surface area contributed by atoms with Crippen molar-refractivity contribution in [2.45, 2.75) is 44.9 Å². The van der Waals surface area contributed by atoms with Crippen molar-refractivity contribution in [2.75, 3.05) is 19.8 Å². The first kappa shape index (κ1) is 16.8. The average Bonchev–Trinajstić information content (AvgIpc) is 2.39. The van der Waals surface area contributed by atoms with Gasteiger partial charge in [-0.2, -0.15) is 0 Å². The minimum absolute atomic E-state index is 0.288. The van der Waals surface area contributed by atoms with Crippen molar-refractivity contribution in [1.82, 2.24) is 0 Å². The molecule has 0 saturated heterocycles. The molecule has 0 rings (SSSR count). The van der Waals surface area contributed by atoms with Crippen LogP contribution in [0.4, 0.5) is 0 Å². The first-order valence-electron chi connectivity index (χ1n) is 6.62. The molecule has 0 amide bonds. The van der Waals surface area contributed by atoms with Gasteiger partial charge in [-0.05, 0) is 12.8 Å². The number of aldehydes is 1. The Labute approximate surface area is 109 Å². The summed E-state index contributed by atoms with van der Waals surface area (Å²) in [5.74, 6) is -0.408. The molecule has 0 bridgehead atoms. The van der Waals surface area contributed by atoms with Gasteiger partial charge in [-0.1, -0.05) is 32.3 Å². The SMILES string of the molecule is C=CC(=O)OCCOCCCCCCCCC=O. The smallest absolute Gasteiger partial charge is 0.330 e. The zero-order valence-corrected chi connectivity index (χ0v) is 11.1. The maximum Gasteiger partial charge on any atom is 0.330 e. The molecule has 0 aromatic heterocycles. The molecule has 0 aliphatic rings. The lowest BCUT2D eigenvalue weighted by Gasteiger charge is -2.04. The van der Waals surface area contributed by atoms with Gasteiger partial charge < -0.3 is 14.3 Å². The van der Waals surface area contributed by atoms with Crippen LogP contribution in [-0.4, -0.2) is 32.1 Å². The highest BCUT2D eigenvalue weighted by Gasteiger charge is 1.95. The highest BCUT2D eigenvalue weighted by molar-refractivity contribution is 5.81. The normalized spacial score (nSPS) is 10.0. The van der Waals surface area contributed by atoms with Gasteiger partial charge in [-0.25, -0.2) is 4.79 Å². The summed E-state index contributed by atoms with van der Waals surface area (Å²) in [6, 6.07) is 0. The van der Waals surface area contributed by atoms with Gasteiger partial charge in [0, 0.05) is 19.1 Å². The monoisotopic (exact) mass is 256 g/mol. The van der Waals surface area contributed by atoms with E-state index in [0.717, 1.165) is 38.0 Å². The third-order valence-corrected chi connectivity index (χ3v) is 2.50. The fourth-order valence-corrected chi connectivity index (χ4v) is 1.50. The number of ether oxygens (including phenoxy) is 2. The average molecular weight is 256 g/mol. The maximum absolute atomic E-state index is 10.7. The third-order valence-electron chi connectivity index (χ3n) is 2.50. The van der Waals surface area contributed by atoms with Gasteiger partial charge in [0.05, 0.1) is 6.61 Å². The lowest BCUT2D eigenvalue weighted by molar-refractivity contribution is -0.139. The standard InChI is InChI=1S/C14H24O4/c1-2-14(16)18-13-12-17-11-9-7-5-3-4-6-8-10-15/h2,10H,1,3-9,11-13H2. The van der Waals surface area contributed by atoms with Crippen LogP contribution in [-0.2, 0) is 19.1 Å². The van der Waals surface area contributed by atoms with Crippen molar-refractivity contribution in [3.63, 3.8) is 0 Å². The molecule has 0 unspecified atom stereocenters. The van der Waals surface area contributed by atoms with Gasteiger partial charge in [0.1, 0.15) is 12.9 Å². The van der Waals surface area contributed by atoms with Crippen molar-refractivity contribution in [3.05, 3.63) is 12.7 Å². The summed E-state index contributed by atoms with van der Waals surface area (Å²) in [4.78, 5) is 20.7. The number of carbonyl (C=O) groups excluding carboxylic acids is 2. The Morgan fingerprint density at radius 2 is 1.61 bits per heavy atom. The van der Waals surface area contributed by atoms with Crippen LogP contribution in [0.3, 0.4) is 0 Å². The molecule has 0 aromatic rings. The maximum atomic E-state index is 10.7. The van der Waals surface area contributed by atoms with Crippen molar-refractivity contribution in [2.24, 2.45) is 0 Å². The summed E-state index contributed by atoms with van der Waals surface area (Å²) in [6.07, 6.45) is 9.50. The highest BCUT2D eigenvalue weighted by Crippen LogP contribution is 2.06. The van der Waals surface area contributed by atoms with Gasteiger partial charge in [0.15, 0.2) is 0 Å². The zero-order chi connectivity index (χ0) is 13.5. The van der Waals surface area contributed by atoms with Gasteiger partial charge in [-0.15, -0.1) is 0 Å². The van der Waals surface area contributed by atoms with E-state index in [1.165, 1.54) is 12.8 Å². The predicted octanol–water partition coefficient (Wildman–Crippen LogP) is 2.66. The number of hydrogen-bond donors (Lipinski definition) is 0. The van der Waals surface area contributed by atoms with E-state index in [1.54, 1.807) is 0 Å². The molecular formula is C14H24O4. The number of carbonyl (C=O) groups is 2. The summed E-state index contributed by atoms with van der Waals surface area (Å²) in [7, 11) is 0. The lowest BCUT2D eigenvalue weighted by atomic mass is 10.1. The van der Waals surface area contributed by atoms with E-state index >= 15 is 0 Å². The van der Waals surface area contributed by atoms with E-state index in [0.29, 0.717) is 19.6 Å². The first-order chi connectivity index (χ1) is 8.81. The van der Waals surface area contributed by atoms with E-state index < -0.39 is 5.97 Å². The molecule has 104 valence electrons. The molecule has 18 heavy (non-hydrogen) atoms. The third kappa shape index (κ3) is 12.9. The predicted molar refractivity (Wildman–Crippen MR) is 70.4 cm³/mol. The van der Waals surface area contributed by atoms with Crippen molar-refractivity contribution in [3.8, 4) is 0 Å². The Hall–Kier alpha value is -1.16. The van der Waals surface area contributed by atoms with Crippen LogP contribution in [0.15, 0.2) is 12.7 Å². The van der Waals surface area contributed by atoms with E-state index in [1.807, 2.05) is 0 Å². The van der Waals surface area contributed by atoms with E-state index in [9.17, 15) is 9.59 Å². The Morgan fingerprint density at radius 3 is 2.28 bits per heavy atom. The first-order valence-corrected chi connectivity index (χ1v) is 6.62. The van der Waals surface area contributed by atoms with Gasteiger partial charge in [0.25, 0.3) is 0 Å². The van der Waals surface area contributed by atoms with E-state index in [-0.39, 0.29) is 6.61 Å². The zero-order valence-electron chi connectivity index (χ0n) is 11.1. The van der Waals surface area contributed by atoms with Crippen LogP contribution >= 0.6 is 0 Å². The Morgan fingerprint density at radius 1 is 0.944 bits per heavy atom. The topological polar surface area (TPSA) is 52.6 Å². The fourth-order valence-electron chi connectivity index (χ4n) is 1.50. The molecule has 0 heterocycles. The molecule has 0 aliphatic heterocycles. The van der Waals surface area contributed by atoms with E-state index in [4.69, 9.17) is 9.47 Å². The van der Waals surface area contributed by atoms with Crippen LogP contribution in [0, 0.1) is 0 Å². The van der Waals surface area contributed by atoms with Crippen molar-refractivity contribution >= 4 is 12.3 Å². The molecule has 4 nitrogen and oxygen atoms in total. The summed E-state index contributed by atoms with van der Waals surface area (Å²) in [5, 5.41) is 0. The number of esters is 1. The van der Waals surface area contributed by atoms with Crippen LogP contribution < -0.4 is 0 Å². The Kier molecular flexibility index (Phi) is 13.0. The van der Waals surface area contributed by atoms with E-state index in [2.05, 4.69) is 6.58 Å². The minimum Gasteiger partial charge on any atom is -0.460 e. The van der Waals surface area contributed by atoms with Crippen molar-refractivity contribution in [1.29, 1.82) is 0 Å².